The van der Waals surface area contributed by atoms with Gasteiger partial charge in [-0.15, -0.1) is 0 Å². The maximum absolute atomic E-state index is 11.0. The predicted octanol–water partition coefficient (Wildman–Crippen LogP) is 0.0903. The van der Waals surface area contributed by atoms with E-state index in [1.54, 1.807) is 0 Å². The van der Waals surface area contributed by atoms with Crippen molar-refractivity contribution < 1.29 is 14.6 Å². The summed E-state index contributed by atoms with van der Waals surface area (Å²) in [6.45, 7) is 0. The van der Waals surface area contributed by atoms with Gasteiger partial charge in [0, 0.05) is 6.42 Å². The largest absolute Gasteiger partial charge is 0.468 e. The number of carbonyl (C=O) groups excluding carboxylic acids is 1. The summed E-state index contributed by atoms with van der Waals surface area (Å²) >= 11 is 0. The van der Waals surface area contributed by atoms with E-state index in [0.29, 0.717) is 6.42 Å². The number of hydrogen-bond acceptors (Lipinski definition) is 4. The molecule has 4 nitrogen and oxygen atoms in total. The van der Waals surface area contributed by atoms with Crippen molar-refractivity contribution in [3.05, 3.63) is 35.9 Å². The summed E-state index contributed by atoms with van der Waals surface area (Å²) in [6.07, 6.45) is -0.572. The van der Waals surface area contributed by atoms with Gasteiger partial charge in [-0.25, -0.2) is 0 Å². The molecule has 0 radical (unpaired) electrons. The van der Waals surface area contributed by atoms with Crippen molar-refractivity contribution >= 4 is 5.97 Å². The maximum atomic E-state index is 11.0. The second-order valence-electron chi connectivity index (χ2n) is 3.31. The Morgan fingerprint density at radius 2 is 2.07 bits per heavy atom. The first-order valence-electron chi connectivity index (χ1n) is 4.70. The molecule has 2 atom stereocenters. The molecule has 0 fully saturated rings. The van der Waals surface area contributed by atoms with E-state index in [0.717, 1.165) is 5.56 Å². The third kappa shape index (κ3) is 3.34. The average Bonchev–Trinajstić information content (AvgIpc) is 2.28. The number of aliphatic hydroxyl groups excluding tert-OH is 1. The highest BCUT2D eigenvalue weighted by Crippen LogP contribution is 2.05. The topological polar surface area (TPSA) is 72.5 Å². The van der Waals surface area contributed by atoms with E-state index in [1.807, 2.05) is 30.3 Å². The van der Waals surface area contributed by atoms with Gasteiger partial charge in [0.1, 0.15) is 6.04 Å². The molecule has 2 unspecified atom stereocenters. The number of hydrogen-bond donors (Lipinski definition) is 2. The maximum Gasteiger partial charge on any atom is 0.325 e. The number of benzene rings is 1. The van der Waals surface area contributed by atoms with Crippen LogP contribution in [0.15, 0.2) is 30.3 Å². The van der Waals surface area contributed by atoms with E-state index in [1.165, 1.54) is 7.11 Å². The molecule has 0 aliphatic carbocycles. The minimum absolute atomic E-state index is 0.344. The number of carbonyl (C=O) groups is 1. The quantitative estimate of drug-likeness (QED) is 0.689. The first kappa shape index (κ1) is 11.7. The smallest absolute Gasteiger partial charge is 0.325 e. The van der Waals surface area contributed by atoms with Crippen LogP contribution in [0.5, 0.6) is 0 Å². The molecule has 0 heterocycles. The molecule has 1 aromatic rings. The Morgan fingerprint density at radius 1 is 1.47 bits per heavy atom. The van der Waals surface area contributed by atoms with Crippen LogP contribution in [-0.4, -0.2) is 30.3 Å². The normalized spacial score (nSPS) is 14.3. The highest BCUT2D eigenvalue weighted by atomic mass is 16.5. The molecule has 0 bridgehead atoms. The van der Waals surface area contributed by atoms with E-state index >= 15 is 0 Å². The van der Waals surface area contributed by atoms with Gasteiger partial charge >= 0.3 is 5.97 Å². The number of nitrogens with two attached hydrogens (primary N) is 1. The molecule has 0 amide bonds. The van der Waals surface area contributed by atoms with Gasteiger partial charge in [0.15, 0.2) is 0 Å². The Labute approximate surface area is 88.7 Å². The van der Waals surface area contributed by atoms with Crippen LogP contribution in [0.3, 0.4) is 0 Å². The van der Waals surface area contributed by atoms with Gasteiger partial charge in [-0.3, -0.25) is 4.79 Å². The van der Waals surface area contributed by atoms with Crippen LogP contribution in [0.4, 0.5) is 0 Å². The van der Waals surface area contributed by atoms with Crippen molar-refractivity contribution in [2.45, 2.75) is 18.6 Å². The SMILES string of the molecule is COC(=O)C(N)C(O)Cc1ccccc1. The fourth-order valence-electron chi connectivity index (χ4n) is 1.28. The van der Waals surface area contributed by atoms with Gasteiger partial charge in [0.2, 0.25) is 0 Å². The summed E-state index contributed by atoms with van der Waals surface area (Å²) < 4.78 is 4.45. The van der Waals surface area contributed by atoms with Gasteiger partial charge in [-0.05, 0) is 5.56 Å². The van der Waals surface area contributed by atoms with Crippen molar-refractivity contribution in [2.24, 2.45) is 5.73 Å². The summed E-state index contributed by atoms with van der Waals surface area (Å²) in [6, 6.07) is 8.36. The van der Waals surface area contributed by atoms with Gasteiger partial charge in [-0.2, -0.15) is 0 Å². The summed E-state index contributed by atoms with van der Waals surface area (Å²) in [7, 11) is 1.25. The van der Waals surface area contributed by atoms with Crippen LogP contribution < -0.4 is 5.73 Å². The average molecular weight is 209 g/mol. The van der Waals surface area contributed by atoms with Crippen molar-refractivity contribution in [3.8, 4) is 0 Å². The van der Waals surface area contributed by atoms with Crippen LogP contribution in [0.25, 0.3) is 0 Å². The first-order chi connectivity index (χ1) is 7.15. The summed E-state index contributed by atoms with van der Waals surface area (Å²) in [5.41, 5.74) is 6.43. The molecule has 0 spiro atoms. The molecule has 0 aliphatic rings. The molecule has 0 aliphatic heterocycles. The minimum atomic E-state index is -0.991. The molecule has 3 N–H and O–H groups in total. The van der Waals surface area contributed by atoms with Crippen molar-refractivity contribution in [1.29, 1.82) is 0 Å². The Hall–Kier alpha value is -1.39. The Bertz CT molecular complexity index is 313. The van der Waals surface area contributed by atoms with Crippen LogP contribution in [0, 0.1) is 0 Å². The number of aliphatic hydroxyl groups is 1. The van der Waals surface area contributed by atoms with Gasteiger partial charge in [0.25, 0.3) is 0 Å². The highest BCUT2D eigenvalue weighted by Gasteiger charge is 2.23. The standard InChI is InChI=1S/C11H15NO3/c1-15-11(14)10(12)9(13)7-8-5-3-2-4-6-8/h2-6,9-10,13H,7,12H2,1H3. The van der Waals surface area contributed by atoms with Crippen LogP contribution >= 0.6 is 0 Å². The molecule has 1 aromatic carbocycles. The molecular formula is C11H15NO3. The van der Waals surface area contributed by atoms with Gasteiger partial charge in [-0.1, -0.05) is 30.3 Å². The molecular weight excluding hydrogens is 194 g/mol. The van der Waals surface area contributed by atoms with Crippen LogP contribution in [0.1, 0.15) is 5.56 Å². The van der Waals surface area contributed by atoms with E-state index < -0.39 is 18.1 Å². The molecule has 15 heavy (non-hydrogen) atoms. The predicted molar refractivity (Wildman–Crippen MR) is 56.1 cm³/mol. The zero-order chi connectivity index (χ0) is 11.3. The van der Waals surface area contributed by atoms with Crippen molar-refractivity contribution in [3.63, 3.8) is 0 Å². The summed E-state index contributed by atoms with van der Waals surface area (Å²) in [5, 5.41) is 9.65. The summed E-state index contributed by atoms with van der Waals surface area (Å²) in [4.78, 5) is 11.0. The Balaban J connectivity index is 2.56. The molecule has 0 saturated heterocycles. The minimum Gasteiger partial charge on any atom is -0.468 e. The van der Waals surface area contributed by atoms with Crippen molar-refractivity contribution in [1.82, 2.24) is 0 Å². The number of rotatable bonds is 4. The zero-order valence-corrected chi connectivity index (χ0v) is 8.59. The van der Waals surface area contributed by atoms with E-state index in [2.05, 4.69) is 4.74 Å². The lowest BCUT2D eigenvalue weighted by Gasteiger charge is -2.16. The van der Waals surface area contributed by atoms with Crippen LogP contribution in [-0.2, 0) is 16.0 Å². The lowest BCUT2D eigenvalue weighted by molar-refractivity contribution is -0.144. The first-order valence-corrected chi connectivity index (χ1v) is 4.70. The fourth-order valence-corrected chi connectivity index (χ4v) is 1.28. The van der Waals surface area contributed by atoms with E-state index in [9.17, 15) is 9.90 Å². The molecule has 0 saturated carbocycles. The lowest BCUT2D eigenvalue weighted by atomic mass is 10.0. The van der Waals surface area contributed by atoms with Crippen molar-refractivity contribution in [2.75, 3.05) is 7.11 Å². The molecule has 4 heteroatoms. The van der Waals surface area contributed by atoms with Gasteiger partial charge in [0.05, 0.1) is 13.2 Å². The third-order valence-electron chi connectivity index (χ3n) is 2.18. The van der Waals surface area contributed by atoms with E-state index in [-0.39, 0.29) is 0 Å². The fraction of sp³-hybridized carbons (Fsp3) is 0.364. The van der Waals surface area contributed by atoms with Crippen LogP contribution in [0.2, 0.25) is 0 Å². The highest BCUT2D eigenvalue weighted by molar-refractivity contribution is 5.76. The Morgan fingerprint density at radius 3 is 2.60 bits per heavy atom. The monoisotopic (exact) mass is 209 g/mol. The van der Waals surface area contributed by atoms with Gasteiger partial charge < -0.3 is 15.6 Å². The number of ether oxygens (including phenoxy) is 1. The second-order valence-corrected chi connectivity index (χ2v) is 3.31. The second kappa shape index (κ2) is 5.48. The molecule has 1 rings (SSSR count). The zero-order valence-electron chi connectivity index (χ0n) is 8.59. The Kier molecular flexibility index (Phi) is 4.27. The van der Waals surface area contributed by atoms with E-state index in [4.69, 9.17) is 5.73 Å². The molecule has 82 valence electrons. The number of methoxy groups -OCH3 is 1. The third-order valence-corrected chi connectivity index (χ3v) is 2.18. The summed E-state index contributed by atoms with van der Waals surface area (Å²) in [5.74, 6) is -0.599. The molecule has 0 aromatic heterocycles. The lowest BCUT2D eigenvalue weighted by Crippen LogP contribution is -2.43. The number of esters is 1.